The summed E-state index contributed by atoms with van der Waals surface area (Å²) in [5, 5.41) is 0. The number of hydrogen-bond donors (Lipinski definition) is 0. The van der Waals surface area contributed by atoms with Gasteiger partial charge in [0.05, 0.1) is 2.74 Å². The quantitative estimate of drug-likeness (QED) is 0.390. The maximum atomic E-state index is 6.62. The van der Waals surface area contributed by atoms with E-state index in [9.17, 15) is 0 Å². The van der Waals surface area contributed by atoms with Gasteiger partial charge in [0.1, 0.15) is 0 Å². The van der Waals surface area contributed by atoms with E-state index in [2.05, 4.69) is 0 Å². The summed E-state index contributed by atoms with van der Waals surface area (Å²) in [5.74, 6) is 0.919. The average molecular weight is 74.1 g/mol. The van der Waals surface area contributed by atoms with Crippen molar-refractivity contribution in [3.05, 3.63) is 11.4 Å². The molecule has 0 unspecified atom stereocenters. The zero-order valence-electron chi connectivity index (χ0n) is 4.12. The van der Waals surface area contributed by atoms with Crippen LogP contribution in [0, 0.1) is 0 Å². The lowest BCUT2D eigenvalue weighted by Crippen LogP contribution is -1.21. The molecule has 0 aromatic rings. The molecular weight excluding hydrogens is 68.1 g/mol. The fourth-order valence-corrected chi connectivity index (χ4v) is 0.108. The highest BCUT2D eigenvalue weighted by Crippen LogP contribution is 2.32. The molecule has 1 heteroatoms. The van der Waals surface area contributed by atoms with E-state index in [1.807, 2.05) is 0 Å². The van der Waals surface area contributed by atoms with Crippen LogP contribution in [0.15, 0.2) is 11.4 Å². The highest BCUT2D eigenvalue weighted by atomic mass is 32.2. The summed E-state index contributed by atoms with van der Waals surface area (Å²) < 4.78 is 13.2. The van der Waals surface area contributed by atoms with Crippen molar-refractivity contribution in [1.29, 1.82) is 0 Å². The Kier molecular flexibility index (Phi) is 0.137. The van der Waals surface area contributed by atoms with Crippen LogP contribution in [-0.4, -0.2) is 5.75 Å². The fraction of sp³-hybridized carbons (Fsp3) is 0.333. The fourth-order valence-electron chi connectivity index (χ4n) is 0.0361. The SMILES string of the molecule is [2H]C([2H])=C1CS1. The molecule has 1 aliphatic rings. The molecule has 4 heavy (non-hydrogen) atoms. The molecule has 1 saturated heterocycles. The zero-order valence-corrected chi connectivity index (χ0v) is 2.93. The molecule has 0 nitrogen and oxygen atoms in total. The Bertz CT molecular complexity index is 87.0. The van der Waals surface area contributed by atoms with Crippen LogP contribution in [0.1, 0.15) is 2.74 Å². The third kappa shape index (κ3) is 0.260. The summed E-state index contributed by atoms with van der Waals surface area (Å²) in [6.07, 6.45) is 0. The van der Waals surface area contributed by atoms with Gasteiger partial charge in [-0.05, 0) is 4.91 Å². The minimum Gasteiger partial charge on any atom is -0.125 e. The van der Waals surface area contributed by atoms with Gasteiger partial charge in [-0.15, -0.1) is 11.8 Å². The molecule has 1 aliphatic heterocycles. The van der Waals surface area contributed by atoms with Crippen LogP contribution in [0.3, 0.4) is 0 Å². The van der Waals surface area contributed by atoms with Crippen molar-refractivity contribution in [2.24, 2.45) is 0 Å². The minimum atomic E-state index is 0.000000000000000222. The lowest BCUT2D eigenvalue weighted by Gasteiger charge is -1.31. The van der Waals surface area contributed by atoms with Crippen LogP contribution < -0.4 is 0 Å². The molecule has 22 valence electrons. The van der Waals surface area contributed by atoms with Gasteiger partial charge >= 0.3 is 0 Å². The summed E-state index contributed by atoms with van der Waals surface area (Å²) in [6.45, 7) is 0.000000000000000222. The van der Waals surface area contributed by atoms with E-state index in [-0.39, 0.29) is 6.53 Å². The zero-order chi connectivity index (χ0) is 4.57. The molecule has 0 bridgehead atoms. The van der Waals surface area contributed by atoms with Gasteiger partial charge in [0, 0.05) is 5.75 Å². The Balaban J connectivity index is 2.61. The second kappa shape index (κ2) is 0.521. The van der Waals surface area contributed by atoms with Gasteiger partial charge in [0.25, 0.3) is 0 Å². The van der Waals surface area contributed by atoms with Crippen LogP contribution in [0.25, 0.3) is 0 Å². The predicted octanol–water partition coefficient (Wildman–Crippen LogP) is 1.25. The van der Waals surface area contributed by atoms with Gasteiger partial charge in [0.2, 0.25) is 0 Å². The topological polar surface area (TPSA) is 0 Å². The number of thioether (sulfide) groups is 1. The molecule has 1 rings (SSSR count). The molecule has 0 radical (unpaired) electrons. The molecule has 1 heterocycles. The number of hydrogen-bond acceptors (Lipinski definition) is 1. The maximum absolute atomic E-state index is 6.62. The highest BCUT2D eigenvalue weighted by Gasteiger charge is 2.05. The van der Waals surface area contributed by atoms with Crippen molar-refractivity contribution in [2.75, 3.05) is 5.75 Å². The van der Waals surface area contributed by atoms with Gasteiger partial charge in [-0.1, -0.05) is 6.53 Å². The molecule has 0 aliphatic carbocycles. The Morgan fingerprint density at radius 2 is 3.25 bits per heavy atom. The second-order valence-electron chi connectivity index (χ2n) is 0.712. The van der Waals surface area contributed by atoms with E-state index in [0.29, 0.717) is 0 Å². The van der Waals surface area contributed by atoms with E-state index >= 15 is 0 Å². The lowest BCUT2D eigenvalue weighted by molar-refractivity contribution is 1.94. The Morgan fingerprint density at radius 3 is 3.25 bits per heavy atom. The van der Waals surface area contributed by atoms with Crippen LogP contribution in [0.4, 0.5) is 0 Å². The normalized spacial score (nSPS) is 27.5. The Morgan fingerprint density at radius 1 is 2.50 bits per heavy atom. The predicted molar refractivity (Wildman–Crippen MR) is 21.6 cm³/mol. The molecule has 0 amide bonds. The van der Waals surface area contributed by atoms with Gasteiger partial charge in [-0.3, -0.25) is 0 Å². The molecule has 0 N–H and O–H groups in total. The maximum Gasteiger partial charge on any atom is 0.0546 e. The third-order valence-corrected chi connectivity index (χ3v) is 0.866. The van der Waals surface area contributed by atoms with Gasteiger partial charge in [-0.25, -0.2) is 0 Å². The van der Waals surface area contributed by atoms with Gasteiger partial charge in [0.15, 0.2) is 0 Å². The van der Waals surface area contributed by atoms with Crippen LogP contribution in [0.2, 0.25) is 0 Å². The summed E-state index contributed by atoms with van der Waals surface area (Å²) in [6, 6.07) is 0. The lowest BCUT2D eigenvalue weighted by atomic mass is 10.8. The molecule has 1 fully saturated rings. The van der Waals surface area contributed by atoms with Crippen LogP contribution in [-0.2, 0) is 0 Å². The first-order chi connectivity index (χ1) is 2.80. The average Bonchev–Trinajstić information content (AvgIpc) is 2.06. The van der Waals surface area contributed by atoms with Gasteiger partial charge in [-0.2, -0.15) is 0 Å². The smallest absolute Gasteiger partial charge is 0.0546 e. The van der Waals surface area contributed by atoms with Crippen molar-refractivity contribution in [1.82, 2.24) is 0 Å². The molecule has 0 saturated carbocycles. The Hall–Kier alpha value is 0.0900. The van der Waals surface area contributed by atoms with Crippen molar-refractivity contribution in [2.45, 2.75) is 0 Å². The van der Waals surface area contributed by atoms with Gasteiger partial charge < -0.3 is 0 Å². The first-order valence-electron chi connectivity index (χ1n) is 2.10. The summed E-state index contributed by atoms with van der Waals surface area (Å²) >= 11 is 1.58. The first kappa shape index (κ1) is 1.05. The molecule has 0 aromatic heterocycles. The summed E-state index contributed by atoms with van der Waals surface area (Å²) in [5.41, 5.74) is 0. The molecule has 0 atom stereocenters. The standard InChI is InChI=1S/C3H4S/c1-3-2-4-3/h1-2H2/i1D2. The van der Waals surface area contributed by atoms with Crippen molar-refractivity contribution < 1.29 is 2.74 Å². The van der Waals surface area contributed by atoms with Crippen LogP contribution >= 0.6 is 11.8 Å². The van der Waals surface area contributed by atoms with E-state index in [1.54, 1.807) is 11.8 Å². The van der Waals surface area contributed by atoms with Crippen molar-refractivity contribution in [3.8, 4) is 0 Å². The van der Waals surface area contributed by atoms with E-state index in [1.165, 1.54) is 0 Å². The monoisotopic (exact) mass is 74.0 g/mol. The largest absolute Gasteiger partial charge is 0.125 e. The summed E-state index contributed by atoms with van der Waals surface area (Å²) in [4.78, 5) is 0.926. The minimum absolute atomic E-state index is 0.000000000000000222. The Labute approximate surface area is 32.7 Å². The molecule has 0 aromatic carbocycles. The van der Waals surface area contributed by atoms with Crippen LogP contribution in [0.5, 0.6) is 0 Å². The highest BCUT2D eigenvalue weighted by molar-refractivity contribution is 8.11. The second-order valence-corrected chi connectivity index (χ2v) is 1.78. The number of rotatable bonds is 0. The van der Waals surface area contributed by atoms with Crippen molar-refractivity contribution >= 4 is 11.8 Å². The summed E-state index contributed by atoms with van der Waals surface area (Å²) in [7, 11) is 0. The molecule has 0 spiro atoms. The first-order valence-corrected chi connectivity index (χ1v) is 2.08. The van der Waals surface area contributed by atoms with E-state index < -0.39 is 0 Å². The third-order valence-electron chi connectivity index (χ3n) is 0.289. The molecular formula is C3H4S. The van der Waals surface area contributed by atoms with Crippen molar-refractivity contribution in [3.63, 3.8) is 0 Å². The van der Waals surface area contributed by atoms with E-state index in [0.717, 1.165) is 10.7 Å². The van der Waals surface area contributed by atoms with E-state index in [4.69, 9.17) is 2.74 Å².